The van der Waals surface area contributed by atoms with E-state index in [1.165, 1.54) is 13.2 Å². The highest BCUT2D eigenvalue weighted by Gasteiger charge is 2.17. The van der Waals surface area contributed by atoms with Gasteiger partial charge in [-0.25, -0.2) is 13.6 Å². The normalized spacial score (nSPS) is 13.5. The summed E-state index contributed by atoms with van der Waals surface area (Å²) in [7, 11) is 1.44. The maximum absolute atomic E-state index is 13.3. The Morgan fingerprint density at radius 3 is 2.68 bits per heavy atom. The van der Waals surface area contributed by atoms with Gasteiger partial charge in [0.25, 0.3) is 0 Å². The van der Waals surface area contributed by atoms with Gasteiger partial charge in [-0.1, -0.05) is 19.4 Å². The van der Waals surface area contributed by atoms with Crippen LogP contribution in [0.1, 0.15) is 31.4 Å². The minimum absolute atomic E-state index is 0.107. The van der Waals surface area contributed by atoms with Gasteiger partial charge in [0.2, 0.25) is 0 Å². The molecule has 124 valence electrons. The van der Waals surface area contributed by atoms with E-state index in [2.05, 4.69) is 10.6 Å². The van der Waals surface area contributed by atoms with E-state index in [0.29, 0.717) is 12.0 Å². The van der Waals surface area contributed by atoms with Crippen molar-refractivity contribution in [2.45, 2.75) is 31.9 Å². The zero-order valence-electron chi connectivity index (χ0n) is 12.7. The van der Waals surface area contributed by atoms with Gasteiger partial charge in [-0.2, -0.15) is 0 Å². The van der Waals surface area contributed by atoms with Crippen molar-refractivity contribution in [2.75, 3.05) is 20.3 Å². The maximum Gasteiger partial charge on any atom is 0.315 e. The number of carbonyl (C=O) groups is 1. The molecule has 0 radical (unpaired) electrons. The summed E-state index contributed by atoms with van der Waals surface area (Å²) in [5, 5.41) is 14.7. The van der Waals surface area contributed by atoms with Crippen LogP contribution in [0, 0.1) is 11.6 Å². The van der Waals surface area contributed by atoms with E-state index in [-0.39, 0.29) is 13.2 Å². The Hall–Kier alpha value is -1.73. The molecule has 0 saturated carbocycles. The summed E-state index contributed by atoms with van der Waals surface area (Å²) in [6.07, 6.45) is 0.788. The summed E-state index contributed by atoms with van der Waals surface area (Å²) in [5.41, 5.74) is 0.394. The number of benzene rings is 1. The number of ether oxygens (including phenoxy) is 1. The lowest BCUT2D eigenvalue weighted by atomic mass is 10.1. The fourth-order valence-electron chi connectivity index (χ4n) is 1.97. The number of halogens is 2. The van der Waals surface area contributed by atoms with Crippen molar-refractivity contribution >= 4 is 6.03 Å². The topological polar surface area (TPSA) is 70.6 Å². The molecule has 5 nitrogen and oxygen atoms in total. The smallest absolute Gasteiger partial charge is 0.315 e. The molecule has 0 bridgehead atoms. The number of hydrogen-bond acceptors (Lipinski definition) is 3. The van der Waals surface area contributed by atoms with E-state index in [0.717, 1.165) is 18.6 Å². The van der Waals surface area contributed by atoms with Crippen LogP contribution in [0.3, 0.4) is 0 Å². The van der Waals surface area contributed by atoms with Crippen LogP contribution in [0.5, 0.6) is 0 Å². The first kappa shape index (κ1) is 18.3. The number of carbonyl (C=O) groups excluding carboxylic acids is 1. The van der Waals surface area contributed by atoms with Crippen LogP contribution in [0.2, 0.25) is 0 Å². The van der Waals surface area contributed by atoms with E-state index in [4.69, 9.17) is 4.74 Å². The van der Waals surface area contributed by atoms with Gasteiger partial charge in [0, 0.05) is 13.7 Å². The zero-order chi connectivity index (χ0) is 16.5. The summed E-state index contributed by atoms with van der Waals surface area (Å²) in [4.78, 5) is 11.8. The first-order valence-electron chi connectivity index (χ1n) is 7.14. The quantitative estimate of drug-likeness (QED) is 0.688. The first-order valence-corrected chi connectivity index (χ1v) is 7.14. The molecule has 22 heavy (non-hydrogen) atoms. The molecule has 0 fully saturated rings. The molecule has 2 amide bonds. The van der Waals surface area contributed by atoms with Gasteiger partial charge in [0.15, 0.2) is 11.6 Å². The summed E-state index contributed by atoms with van der Waals surface area (Å²) in [6, 6.07) is 2.27. The Balaban J connectivity index is 2.63. The third-order valence-corrected chi connectivity index (χ3v) is 3.10. The number of urea groups is 1. The molecule has 0 spiro atoms. The molecule has 1 aromatic rings. The molecule has 1 rings (SSSR count). The van der Waals surface area contributed by atoms with Gasteiger partial charge in [0.1, 0.15) is 0 Å². The zero-order valence-corrected chi connectivity index (χ0v) is 12.7. The fourth-order valence-corrected chi connectivity index (χ4v) is 1.97. The van der Waals surface area contributed by atoms with E-state index >= 15 is 0 Å². The van der Waals surface area contributed by atoms with Crippen LogP contribution in [-0.2, 0) is 4.74 Å². The van der Waals surface area contributed by atoms with Gasteiger partial charge in [-0.05, 0) is 24.1 Å². The average molecular weight is 316 g/mol. The molecule has 0 aromatic heterocycles. The lowest BCUT2D eigenvalue weighted by molar-refractivity contribution is 0.153. The van der Waals surface area contributed by atoms with Crippen molar-refractivity contribution < 1.29 is 23.4 Å². The molecule has 2 atom stereocenters. The van der Waals surface area contributed by atoms with Gasteiger partial charge in [0.05, 0.1) is 18.8 Å². The number of rotatable bonds is 8. The highest BCUT2D eigenvalue weighted by atomic mass is 19.2. The van der Waals surface area contributed by atoms with Crippen molar-refractivity contribution in [3.63, 3.8) is 0 Å². The first-order chi connectivity index (χ1) is 10.5. The molecule has 0 saturated heterocycles. The number of nitrogens with one attached hydrogen (secondary N) is 2. The molecule has 7 heteroatoms. The highest BCUT2D eigenvalue weighted by molar-refractivity contribution is 5.74. The number of hydrogen-bond donors (Lipinski definition) is 3. The maximum atomic E-state index is 13.3. The minimum Gasteiger partial charge on any atom is -0.391 e. The number of amides is 2. The molecule has 0 aliphatic carbocycles. The lowest BCUT2D eigenvalue weighted by Gasteiger charge is -2.19. The van der Waals surface area contributed by atoms with Crippen LogP contribution in [0.15, 0.2) is 18.2 Å². The van der Waals surface area contributed by atoms with Crippen LogP contribution in [0.4, 0.5) is 13.6 Å². The SMILES string of the molecule is CCCC(O)CNC(=O)NC(COC)c1ccc(F)c(F)c1. The van der Waals surface area contributed by atoms with Gasteiger partial charge >= 0.3 is 6.03 Å². The largest absolute Gasteiger partial charge is 0.391 e. The fraction of sp³-hybridized carbons (Fsp3) is 0.533. The monoisotopic (exact) mass is 316 g/mol. The Kier molecular flexibility index (Phi) is 7.76. The second kappa shape index (κ2) is 9.32. The molecule has 2 unspecified atom stereocenters. The molecular formula is C15H22F2N2O3. The number of aliphatic hydroxyl groups excluding tert-OH is 1. The Morgan fingerprint density at radius 2 is 2.09 bits per heavy atom. The van der Waals surface area contributed by atoms with Crippen molar-refractivity contribution in [1.29, 1.82) is 0 Å². The van der Waals surface area contributed by atoms with Crippen molar-refractivity contribution in [3.05, 3.63) is 35.4 Å². The summed E-state index contributed by atoms with van der Waals surface area (Å²) in [5.74, 6) is -1.94. The Bertz CT molecular complexity index is 486. The van der Waals surface area contributed by atoms with Crippen LogP contribution in [-0.4, -0.2) is 37.5 Å². The molecule has 1 aromatic carbocycles. The third-order valence-electron chi connectivity index (χ3n) is 3.10. The van der Waals surface area contributed by atoms with Crippen molar-refractivity contribution in [3.8, 4) is 0 Å². The standard InChI is InChI=1S/C15H22F2N2O3/c1-3-4-11(20)8-18-15(21)19-14(9-22-2)10-5-6-12(16)13(17)7-10/h5-7,11,14,20H,3-4,8-9H2,1-2H3,(H2,18,19,21). The Labute approximate surface area is 128 Å². The van der Waals surface area contributed by atoms with E-state index < -0.39 is 29.8 Å². The number of methoxy groups -OCH3 is 1. The van der Waals surface area contributed by atoms with E-state index in [1.54, 1.807) is 0 Å². The van der Waals surface area contributed by atoms with Crippen molar-refractivity contribution in [1.82, 2.24) is 10.6 Å². The lowest BCUT2D eigenvalue weighted by Crippen LogP contribution is -2.42. The van der Waals surface area contributed by atoms with Gasteiger partial charge < -0.3 is 20.5 Å². The third kappa shape index (κ3) is 5.95. The molecule has 0 aliphatic rings. The second-order valence-corrected chi connectivity index (χ2v) is 4.98. The predicted molar refractivity (Wildman–Crippen MR) is 78.4 cm³/mol. The molecular weight excluding hydrogens is 294 g/mol. The minimum atomic E-state index is -0.987. The molecule has 0 heterocycles. The van der Waals surface area contributed by atoms with Crippen LogP contribution < -0.4 is 10.6 Å². The van der Waals surface area contributed by atoms with Gasteiger partial charge in [-0.3, -0.25) is 0 Å². The number of aliphatic hydroxyl groups is 1. The molecule has 3 N–H and O–H groups in total. The summed E-state index contributed by atoms with van der Waals surface area (Å²) < 4.78 is 31.2. The summed E-state index contributed by atoms with van der Waals surface area (Å²) >= 11 is 0. The van der Waals surface area contributed by atoms with Crippen LogP contribution >= 0.6 is 0 Å². The highest BCUT2D eigenvalue weighted by Crippen LogP contribution is 2.16. The average Bonchev–Trinajstić information content (AvgIpc) is 2.48. The Morgan fingerprint density at radius 1 is 1.36 bits per heavy atom. The van der Waals surface area contributed by atoms with E-state index in [9.17, 15) is 18.7 Å². The molecule has 0 aliphatic heterocycles. The second-order valence-electron chi connectivity index (χ2n) is 4.98. The van der Waals surface area contributed by atoms with Gasteiger partial charge in [-0.15, -0.1) is 0 Å². The van der Waals surface area contributed by atoms with E-state index in [1.807, 2.05) is 6.92 Å². The van der Waals surface area contributed by atoms with Crippen LogP contribution in [0.25, 0.3) is 0 Å². The predicted octanol–water partition coefficient (Wildman–Crippen LogP) is 2.11. The van der Waals surface area contributed by atoms with Crippen molar-refractivity contribution in [2.24, 2.45) is 0 Å². The summed E-state index contributed by atoms with van der Waals surface area (Å²) in [6.45, 7) is 2.16.